The van der Waals surface area contributed by atoms with Gasteiger partial charge in [0, 0.05) is 12.2 Å². The summed E-state index contributed by atoms with van der Waals surface area (Å²) in [6.45, 7) is 7.44. The lowest BCUT2D eigenvalue weighted by molar-refractivity contribution is 0.365. The van der Waals surface area contributed by atoms with E-state index >= 15 is 0 Å². The fourth-order valence-electron chi connectivity index (χ4n) is 1.77. The van der Waals surface area contributed by atoms with E-state index in [0.717, 1.165) is 18.7 Å². The number of anilines is 1. The van der Waals surface area contributed by atoms with E-state index < -0.39 is 9.84 Å². The fourth-order valence-corrected chi connectivity index (χ4v) is 2.65. The molecule has 0 saturated heterocycles. The standard InChI is InChI=1S/C14H24N2O2S/c1-4-19(17,18)13-7-5-12(6-8-13)16-11-14(2,3)9-10-15/h5-8,16H,4,9-11,15H2,1-3H3. The van der Waals surface area contributed by atoms with Crippen LogP contribution in [-0.4, -0.2) is 27.3 Å². The van der Waals surface area contributed by atoms with Gasteiger partial charge in [0.15, 0.2) is 9.84 Å². The van der Waals surface area contributed by atoms with Crippen molar-refractivity contribution in [2.24, 2.45) is 11.1 Å². The average molecular weight is 284 g/mol. The molecule has 0 bridgehead atoms. The molecule has 1 aromatic carbocycles. The Kier molecular flexibility index (Phi) is 5.38. The molecule has 0 radical (unpaired) electrons. The van der Waals surface area contributed by atoms with E-state index in [4.69, 9.17) is 5.73 Å². The number of hydrogen-bond acceptors (Lipinski definition) is 4. The van der Waals surface area contributed by atoms with Gasteiger partial charge in [-0.05, 0) is 42.6 Å². The van der Waals surface area contributed by atoms with Crippen molar-refractivity contribution in [1.82, 2.24) is 0 Å². The first kappa shape index (κ1) is 16.0. The topological polar surface area (TPSA) is 72.2 Å². The van der Waals surface area contributed by atoms with E-state index in [1.54, 1.807) is 31.2 Å². The predicted octanol–water partition coefficient (Wildman–Crippen LogP) is 2.27. The normalized spacial score (nSPS) is 12.4. The summed E-state index contributed by atoms with van der Waals surface area (Å²) in [5, 5.41) is 3.32. The molecule has 3 N–H and O–H groups in total. The Bertz CT molecular complexity index is 493. The third-order valence-electron chi connectivity index (χ3n) is 3.19. The van der Waals surface area contributed by atoms with Crippen LogP contribution in [0, 0.1) is 5.41 Å². The Balaban J connectivity index is 2.68. The van der Waals surface area contributed by atoms with Crippen LogP contribution in [0.5, 0.6) is 0 Å². The molecule has 4 nitrogen and oxygen atoms in total. The van der Waals surface area contributed by atoms with Crippen molar-refractivity contribution in [2.45, 2.75) is 32.1 Å². The van der Waals surface area contributed by atoms with E-state index in [1.165, 1.54) is 0 Å². The van der Waals surface area contributed by atoms with Gasteiger partial charge < -0.3 is 11.1 Å². The third-order valence-corrected chi connectivity index (χ3v) is 4.94. The smallest absolute Gasteiger partial charge is 0.178 e. The van der Waals surface area contributed by atoms with Crippen LogP contribution >= 0.6 is 0 Å². The van der Waals surface area contributed by atoms with E-state index in [9.17, 15) is 8.42 Å². The number of hydrogen-bond donors (Lipinski definition) is 2. The van der Waals surface area contributed by atoms with Crippen LogP contribution in [0.3, 0.4) is 0 Å². The van der Waals surface area contributed by atoms with Gasteiger partial charge in [0.1, 0.15) is 0 Å². The van der Waals surface area contributed by atoms with Crippen LogP contribution in [-0.2, 0) is 9.84 Å². The average Bonchev–Trinajstić information content (AvgIpc) is 2.37. The van der Waals surface area contributed by atoms with Crippen molar-refractivity contribution in [1.29, 1.82) is 0 Å². The van der Waals surface area contributed by atoms with Gasteiger partial charge in [-0.1, -0.05) is 20.8 Å². The lowest BCUT2D eigenvalue weighted by atomic mass is 9.89. The molecule has 0 amide bonds. The molecule has 0 aliphatic heterocycles. The van der Waals surface area contributed by atoms with Gasteiger partial charge in [0.25, 0.3) is 0 Å². The Morgan fingerprint density at radius 3 is 2.26 bits per heavy atom. The molecular formula is C14H24N2O2S. The first-order chi connectivity index (χ1) is 8.80. The number of nitrogens with one attached hydrogen (secondary N) is 1. The highest BCUT2D eigenvalue weighted by atomic mass is 32.2. The molecule has 0 atom stereocenters. The maximum absolute atomic E-state index is 11.7. The summed E-state index contributed by atoms with van der Waals surface area (Å²) in [5.74, 6) is 0.128. The quantitative estimate of drug-likeness (QED) is 0.805. The van der Waals surface area contributed by atoms with Crippen LogP contribution in [0.25, 0.3) is 0 Å². The summed E-state index contributed by atoms with van der Waals surface area (Å²) in [6.07, 6.45) is 0.947. The van der Waals surface area contributed by atoms with Gasteiger partial charge in [-0.25, -0.2) is 8.42 Å². The predicted molar refractivity (Wildman–Crippen MR) is 80.1 cm³/mol. The number of rotatable bonds is 7. The van der Waals surface area contributed by atoms with Gasteiger partial charge in [0.05, 0.1) is 10.6 Å². The van der Waals surface area contributed by atoms with Crippen molar-refractivity contribution in [2.75, 3.05) is 24.2 Å². The first-order valence-corrected chi connectivity index (χ1v) is 8.23. The van der Waals surface area contributed by atoms with Gasteiger partial charge in [-0.2, -0.15) is 0 Å². The van der Waals surface area contributed by atoms with Crippen molar-refractivity contribution < 1.29 is 8.42 Å². The zero-order valence-electron chi connectivity index (χ0n) is 11.9. The van der Waals surface area contributed by atoms with Crippen molar-refractivity contribution >= 4 is 15.5 Å². The van der Waals surface area contributed by atoms with Crippen LogP contribution < -0.4 is 11.1 Å². The molecule has 5 heteroatoms. The summed E-state index contributed by atoms with van der Waals surface area (Å²) in [4.78, 5) is 0.377. The highest BCUT2D eigenvalue weighted by Gasteiger charge is 2.16. The molecule has 108 valence electrons. The highest BCUT2D eigenvalue weighted by molar-refractivity contribution is 7.91. The minimum atomic E-state index is -3.11. The summed E-state index contributed by atoms with van der Waals surface area (Å²) in [7, 11) is -3.11. The molecule has 0 saturated carbocycles. The molecule has 1 rings (SSSR count). The summed E-state index contributed by atoms with van der Waals surface area (Å²) >= 11 is 0. The molecule has 0 unspecified atom stereocenters. The fraction of sp³-hybridized carbons (Fsp3) is 0.571. The molecule has 0 heterocycles. The van der Waals surface area contributed by atoms with Crippen LogP contribution in [0.15, 0.2) is 29.2 Å². The van der Waals surface area contributed by atoms with Gasteiger partial charge in [-0.15, -0.1) is 0 Å². The van der Waals surface area contributed by atoms with E-state index in [-0.39, 0.29) is 11.2 Å². The SMILES string of the molecule is CCS(=O)(=O)c1ccc(NCC(C)(C)CCN)cc1. The molecular weight excluding hydrogens is 260 g/mol. The van der Waals surface area contributed by atoms with Gasteiger partial charge >= 0.3 is 0 Å². The van der Waals surface area contributed by atoms with Crippen LogP contribution in [0.1, 0.15) is 27.2 Å². The Morgan fingerprint density at radius 2 is 1.79 bits per heavy atom. The maximum atomic E-state index is 11.7. The molecule has 0 spiro atoms. The molecule has 0 aliphatic rings. The minimum Gasteiger partial charge on any atom is -0.385 e. The van der Waals surface area contributed by atoms with Crippen LogP contribution in [0.2, 0.25) is 0 Å². The zero-order valence-corrected chi connectivity index (χ0v) is 12.8. The number of sulfone groups is 1. The largest absolute Gasteiger partial charge is 0.385 e. The second-order valence-corrected chi connectivity index (χ2v) is 7.76. The van der Waals surface area contributed by atoms with Gasteiger partial charge in [0.2, 0.25) is 0 Å². The van der Waals surface area contributed by atoms with E-state index in [2.05, 4.69) is 19.2 Å². The second-order valence-electron chi connectivity index (χ2n) is 5.48. The monoisotopic (exact) mass is 284 g/mol. The molecule has 0 fully saturated rings. The Labute approximate surface area is 116 Å². The molecule has 1 aromatic rings. The summed E-state index contributed by atoms with van der Waals surface area (Å²) in [6, 6.07) is 6.91. The first-order valence-electron chi connectivity index (χ1n) is 6.57. The highest BCUT2D eigenvalue weighted by Crippen LogP contribution is 2.21. The Morgan fingerprint density at radius 1 is 1.21 bits per heavy atom. The second kappa shape index (κ2) is 6.39. The summed E-state index contributed by atoms with van der Waals surface area (Å²) in [5.41, 5.74) is 6.63. The van der Waals surface area contributed by atoms with Crippen molar-refractivity contribution in [3.63, 3.8) is 0 Å². The molecule has 0 aromatic heterocycles. The van der Waals surface area contributed by atoms with E-state index in [1.807, 2.05) is 0 Å². The third kappa shape index (κ3) is 4.84. The minimum absolute atomic E-state index is 0.128. The van der Waals surface area contributed by atoms with Gasteiger partial charge in [-0.3, -0.25) is 0 Å². The molecule has 0 aliphatic carbocycles. The summed E-state index contributed by atoms with van der Waals surface area (Å²) < 4.78 is 23.4. The van der Waals surface area contributed by atoms with Crippen molar-refractivity contribution in [3.8, 4) is 0 Å². The number of nitrogens with two attached hydrogens (primary N) is 1. The lowest BCUT2D eigenvalue weighted by Crippen LogP contribution is -2.26. The van der Waals surface area contributed by atoms with Crippen LogP contribution in [0.4, 0.5) is 5.69 Å². The van der Waals surface area contributed by atoms with E-state index in [0.29, 0.717) is 11.4 Å². The zero-order chi connectivity index (χ0) is 14.5. The maximum Gasteiger partial charge on any atom is 0.178 e. The number of benzene rings is 1. The lowest BCUT2D eigenvalue weighted by Gasteiger charge is -2.24. The Hall–Kier alpha value is -1.07. The van der Waals surface area contributed by atoms with Crippen molar-refractivity contribution in [3.05, 3.63) is 24.3 Å². The molecule has 19 heavy (non-hydrogen) atoms.